The molecule has 0 saturated heterocycles. The first-order chi connectivity index (χ1) is 19.0. The van der Waals surface area contributed by atoms with E-state index in [0.29, 0.717) is 24.2 Å². The molecule has 0 aliphatic carbocycles. The van der Waals surface area contributed by atoms with E-state index >= 15 is 0 Å². The monoisotopic (exact) mass is 520 g/mol. The molecule has 0 fully saturated rings. The zero-order valence-corrected chi connectivity index (χ0v) is 22.5. The van der Waals surface area contributed by atoms with E-state index in [1.165, 1.54) is 0 Å². The molecule has 0 saturated carbocycles. The number of nitrogens with zero attached hydrogens (tertiary/aromatic N) is 3. The number of carbonyl (C=O) groups excluding carboxylic acids is 2. The van der Waals surface area contributed by atoms with Gasteiger partial charge in [0.1, 0.15) is 0 Å². The van der Waals surface area contributed by atoms with Gasteiger partial charge in [0.15, 0.2) is 6.10 Å². The molecule has 3 aromatic carbocycles. The Hall–Kier alpha value is -4.23. The van der Waals surface area contributed by atoms with E-state index in [0.717, 1.165) is 63.5 Å². The summed E-state index contributed by atoms with van der Waals surface area (Å²) in [7, 11) is 2.03. The highest BCUT2D eigenvalue weighted by molar-refractivity contribution is 6.10. The largest absolute Gasteiger partial charge is 0.449 e. The topological polar surface area (TPSA) is 76.5 Å². The van der Waals surface area contributed by atoms with Crippen molar-refractivity contribution in [3.05, 3.63) is 83.6 Å². The van der Waals surface area contributed by atoms with E-state index < -0.39 is 12.1 Å². The van der Waals surface area contributed by atoms with E-state index in [1.807, 2.05) is 68.6 Å². The molecule has 2 aromatic heterocycles. The number of pyridine rings is 1. The number of hydrogen-bond acceptors (Lipinski definition) is 5. The van der Waals surface area contributed by atoms with Gasteiger partial charge in [0.2, 0.25) is 0 Å². The lowest BCUT2D eigenvalue weighted by molar-refractivity contribution is -0.124. The number of fused-ring (bicyclic) bond motifs is 5. The second-order valence-corrected chi connectivity index (χ2v) is 10.2. The minimum Gasteiger partial charge on any atom is -0.449 e. The number of esters is 1. The van der Waals surface area contributed by atoms with Crippen molar-refractivity contribution >= 4 is 50.3 Å². The first-order valence-electron chi connectivity index (χ1n) is 13.6. The molecule has 6 rings (SSSR count). The predicted octanol–water partition coefficient (Wildman–Crippen LogP) is 5.92. The molecule has 1 N–H and O–H groups in total. The predicted molar refractivity (Wildman–Crippen MR) is 155 cm³/mol. The Kier molecular flexibility index (Phi) is 6.53. The van der Waals surface area contributed by atoms with E-state index in [2.05, 4.69) is 33.8 Å². The molecule has 1 atom stereocenters. The molecule has 5 aromatic rings. The molecule has 1 aliphatic heterocycles. The van der Waals surface area contributed by atoms with Crippen LogP contribution in [0.1, 0.15) is 41.9 Å². The third-order valence-corrected chi connectivity index (χ3v) is 7.71. The van der Waals surface area contributed by atoms with Gasteiger partial charge in [0.25, 0.3) is 5.91 Å². The summed E-state index contributed by atoms with van der Waals surface area (Å²) in [6, 6.07) is 21.9. The highest BCUT2D eigenvalue weighted by Gasteiger charge is 2.29. The lowest BCUT2D eigenvalue weighted by Crippen LogP contribution is -2.34. The molecule has 3 heterocycles. The number of hydrogen-bond donors (Lipinski definition) is 1. The van der Waals surface area contributed by atoms with E-state index in [9.17, 15) is 9.59 Å². The molecular formula is C32H32N4O3. The summed E-state index contributed by atoms with van der Waals surface area (Å²) in [5, 5.41) is 5.97. The van der Waals surface area contributed by atoms with Crippen LogP contribution >= 0.6 is 0 Å². The molecule has 0 bridgehead atoms. The van der Waals surface area contributed by atoms with Crippen LogP contribution in [0.3, 0.4) is 0 Å². The third kappa shape index (κ3) is 4.42. The average Bonchev–Trinajstić information content (AvgIpc) is 3.27. The van der Waals surface area contributed by atoms with Crippen molar-refractivity contribution in [1.82, 2.24) is 14.5 Å². The molecule has 1 unspecified atom stereocenters. The van der Waals surface area contributed by atoms with Crippen molar-refractivity contribution in [2.75, 3.05) is 18.9 Å². The number of para-hydroxylation sites is 2. The molecule has 198 valence electrons. The Morgan fingerprint density at radius 2 is 1.72 bits per heavy atom. The molecule has 7 heteroatoms. The number of carbonyl (C=O) groups is 2. The van der Waals surface area contributed by atoms with Crippen molar-refractivity contribution in [2.24, 2.45) is 0 Å². The fourth-order valence-electron chi connectivity index (χ4n) is 5.76. The summed E-state index contributed by atoms with van der Waals surface area (Å²) >= 11 is 0. The maximum atomic E-state index is 13.7. The fourth-order valence-corrected chi connectivity index (χ4v) is 5.76. The van der Waals surface area contributed by atoms with Crippen LogP contribution in [0.25, 0.3) is 32.7 Å². The Labute approximate surface area is 227 Å². The normalized spacial score (nSPS) is 14.4. The number of benzene rings is 3. The van der Waals surface area contributed by atoms with Gasteiger partial charge in [-0.15, -0.1) is 0 Å². The van der Waals surface area contributed by atoms with Crippen LogP contribution in [0.5, 0.6) is 0 Å². The smallest absolute Gasteiger partial charge is 0.340 e. The van der Waals surface area contributed by atoms with Gasteiger partial charge in [-0.2, -0.15) is 0 Å². The van der Waals surface area contributed by atoms with Crippen molar-refractivity contribution in [2.45, 2.75) is 45.9 Å². The molecule has 0 radical (unpaired) electrons. The lowest BCUT2D eigenvalue weighted by Gasteiger charge is -2.27. The molecule has 1 aliphatic rings. The van der Waals surface area contributed by atoms with Gasteiger partial charge >= 0.3 is 5.97 Å². The summed E-state index contributed by atoms with van der Waals surface area (Å²) < 4.78 is 8.17. The number of anilines is 1. The second-order valence-electron chi connectivity index (χ2n) is 10.2. The maximum absolute atomic E-state index is 13.7. The van der Waals surface area contributed by atoms with Gasteiger partial charge in [-0.3, -0.25) is 9.78 Å². The Bertz CT molecular complexity index is 1740. The molecule has 7 nitrogen and oxygen atoms in total. The number of amides is 1. The first kappa shape index (κ1) is 25.1. The van der Waals surface area contributed by atoms with Gasteiger partial charge in [-0.1, -0.05) is 43.3 Å². The molecule has 0 spiro atoms. The average molecular weight is 521 g/mol. The Balaban J connectivity index is 1.29. The summed E-state index contributed by atoms with van der Waals surface area (Å²) in [5.74, 6) is -0.822. The van der Waals surface area contributed by atoms with Crippen molar-refractivity contribution in [3.8, 4) is 0 Å². The molecular weight excluding hydrogens is 488 g/mol. The number of ether oxygens (including phenoxy) is 1. The molecule has 39 heavy (non-hydrogen) atoms. The van der Waals surface area contributed by atoms with E-state index in [-0.39, 0.29) is 5.91 Å². The maximum Gasteiger partial charge on any atom is 0.340 e. The van der Waals surface area contributed by atoms with Crippen molar-refractivity contribution in [3.63, 3.8) is 0 Å². The first-order valence-corrected chi connectivity index (χ1v) is 13.6. The van der Waals surface area contributed by atoms with Crippen LogP contribution in [0.2, 0.25) is 0 Å². The highest BCUT2D eigenvalue weighted by Crippen LogP contribution is 2.32. The Morgan fingerprint density at radius 3 is 2.51 bits per heavy atom. The van der Waals surface area contributed by atoms with Crippen LogP contribution in [-0.4, -0.2) is 46.0 Å². The number of rotatable bonds is 6. The number of aromatic nitrogens is 2. The summed E-state index contributed by atoms with van der Waals surface area (Å²) in [6.07, 6.45) is 0.208. The van der Waals surface area contributed by atoms with E-state index in [1.54, 1.807) is 0 Å². The lowest BCUT2D eigenvalue weighted by atomic mass is 9.96. The minimum absolute atomic E-state index is 0.339. The fraction of sp³-hybridized carbons (Fsp3) is 0.281. The van der Waals surface area contributed by atoms with Crippen molar-refractivity contribution in [1.29, 1.82) is 0 Å². The Morgan fingerprint density at radius 1 is 0.974 bits per heavy atom. The standard InChI is InChI=1S/C32H32N4O3/c1-4-29(31(37)33-20-14-15-28-23(18-20)21-10-7-9-13-27(21)36(28)5-2)39-32(38)30-22-11-6-8-12-25(22)34-26-16-17-35(3)19-24(26)30/h6-15,18,29H,4-5,16-17,19H2,1-3H3,(H,33,37). The van der Waals surface area contributed by atoms with E-state index in [4.69, 9.17) is 9.72 Å². The summed E-state index contributed by atoms with van der Waals surface area (Å²) in [4.78, 5) is 34.0. The van der Waals surface area contributed by atoms with Gasteiger partial charge in [-0.05, 0) is 50.7 Å². The van der Waals surface area contributed by atoms with Crippen LogP contribution in [0.15, 0.2) is 66.7 Å². The number of likely N-dealkylation sites (N-methyl/N-ethyl adjacent to an activating group) is 1. The number of aryl methyl sites for hydroxylation is 1. The SMILES string of the molecule is CCC(OC(=O)c1c2c(nc3ccccc13)CCN(C)C2)C(=O)Nc1ccc2c(c1)c1ccccc1n2CC. The van der Waals surface area contributed by atoms with Crippen LogP contribution < -0.4 is 5.32 Å². The van der Waals surface area contributed by atoms with Gasteiger partial charge in [0.05, 0.1) is 11.1 Å². The quantitative estimate of drug-likeness (QED) is 0.281. The van der Waals surface area contributed by atoms with Crippen molar-refractivity contribution < 1.29 is 14.3 Å². The second kappa shape index (κ2) is 10.2. The number of nitrogens with one attached hydrogen (secondary N) is 1. The third-order valence-electron chi connectivity index (χ3n) is 7.71. The zero-order chi connectivity index (χ0) is 27.1. The summed E-state index contributed by atoms with van der Waals surface area (Å²) in [6.45, 7) is 6.33. The van der Waals surface area contributed by atoms with Crippen LogP contribution in [-0.2, 0) is 29.0 Å². The zero-order valence-electron chi connectivity index (χ0n) is 22.5. The van der Waals surface area contributed by atoms with Gasteiger partial charge < -0.3 is 19.5 Å². The van der Waals surface area contributed by atoms with Crippen LogP contribution in [0, 0.1) is 0 Å². The van der Waals surface area contributed by atoms with Gasteiger partial charge in [-0.25, -0.2) is 4.79 Å². The van der Waals surface area contributed by atoms with Crippen LogP contribution in [0.4, 0.5) is 5.69 Å². The summed E-state index contributed by atoms with van der Waals surface area (Å²) in [5.41, 5.74) is 6.06. The highest BCUT2D eigenvalue weighted by atomic mass is 16.5. The van der Waals surface area contributed by atoms with Gasteiger partial charge in [0, 0.05) is 70.2 Å². The molecule has 1 amide bonds. The minimum atomic E-state index is -0.922.